The summed E-state index contributed by atoms with van der Waals surface area (Å²) in [5, 5.41) is 0. The van der Waals surface area contributed by atoms with Gasteiger partial charge in [-0.05, 0) is 55.5 Å². The molecular weight excluding hydrogens is 260 g/mol. The van der Waals surface area contributed by atoms with Gasteiger partial charge in [0.05, 0.1) is 13.0 Å². The van der Waals surface area contributed by atoms with E-state index >= 15 is 0 Å². The molecule has 0 aliphatic heterocycles. The van der Waals surface area contributed by atoms with Crippen LogP contribution in [0.25, 0.3) is 11.1 Å². The minimum atomic E-state index is -0.249. The van der Waals surface area contributed by atoms with Crippen molar-refractivity contribution in [3.8, 4) is 11.1 Å². The molecule has 1 atom stereocenters. The molecule has 0 saturated heterocycles. The molecule has 0 aliphatic carbocycles. The molecule has 0 aliphatic rings. The van der Waals surface area contributed by atoms with Gasteiger partial charge >= 0.3 is 5.97 Å². The first-order chi connectivity index (χ1) is 9.93. The first-order valence-electron chi connectivity index (χ1n) is 7.20. The van der Waals surface area contributed by atoms with Gasteiger partial charge in [0.1, 0.15) is 0 Å². The Kier molecular flexibility index (Phi) is 4.46. The van der Waals surface area contributed by atoms with Gasteiger partial charge in [0.2, 0.25) is 0 Å². The number of methoxy groups -OCH3 is 1. The Bertz CT molecular complexity index is 648. The van der Waals surface area contributed by atoms with Crippen LogP contribution in [0.15, 0.2) is 36.4 Å². The summed E-state index contributed by atoms with van der Waals surface area (Å²) in [5.41, 5.74) is 7.18. The fourth-order valence-electron chi connectivity index (χ4n) is 2.91. The van der Waals surface area contributed by atoms with Crippen LogP contribution in [0.4, 0.5) is 0 Å². The molecule has 21 heavy (non-hydrogen) atoms. The number of carbonyl (C=O) groups is 1. The van der Waals surface area contributed by atoms with E-state index < -0.39 is 0 Å². The number of carbonyl (C=O) groups excluding carboxylic acids is 1. The second-order valence-electron chi connectivity index (χ2n) is 5.64. The first kappa shape index (κ1) is 15.3. The van der Waals surface area contributed by atoms with Crippen LogP contribution in [0.5, 0.6) is 0 Å². The second-order valence-corrected chi connectivity index (χ2v) is 5.64. The summed E-state index contributed by atoms with van der Waals surface area (Å²) >= 11 is 0. The van der Waals surface area contributed by atoms with Gasteiger partial charge in [0.25, 0.3) is 0 Å². The molecule has 0 saturated carbocycles. The van der Waals surface area contributed by atoms with Crippen LogP contribution < -0.4 is 0 Å². The van der Waals surface area contributed by atoms with Gasteiger partial charge in [0.15, 0.2) is 0 Å². The van der Waals surface area contributed by atoms with Crippen molar-refractivity contribution in [3.05, 3.63) is 58.7 Å². The Labute approximate surface area is 126 Å². The number of benzene rings is 2. The average Bonchev–Trinajstić information content (AvgIpc) is 2.45. The number of hydrogen-bond donors (Lipinski definition) is 0. The van der Waals surface area contributed by atoms with E-state index in [2.05, 4.69) is 45.0 Å². The Morgan fingerprint density at radius 1 is 1.05 bits per heavy atom. The van der Waals surface area contributed by atoms with Gasteiger partial charge in [-0.1, -0.05) is 42.0 Å². The number of ether oxygens (including phenoxy) is 1. The van der Waals surface area contributed by atoms with Crippen molar-refractivity contribution in [1.29, 1.82) is 0 Å². The Morgan fingerprint density at radius 2 is 1.67 bits per heavy atom. The zero-order chi connectivity index (χ0) is 15.6. The Morgan fingerprint density at radius 3 is 2.24 bits per heavy atom. The molecule has 2 aromatic carbocycles. The molecule has 110 valence electrons. The van der Waals surface area contributed by atoms with Gasteiger partial charge in [-0.25, -0.2) is 0 Å². The fraction of sp³-hybridized carbons (Fsp3) is 0.316. The predicted octanol–water partition coefficient (Wildman–Crippen LogP) is 4.56. The highest BCUT2D eigenvalue weighted by molar-refractivity contribution is 5.79. The van der Waals surface area contributed by atoms with Crippen molar-refractivity contribution in [2.24, 2.45) is 0 Å². The lowest BCUT2D eigenvalue weighted by Gasteiger charge is -2.15. The van der Waals surface area contributed by atoms with Crippen molar-refractivity contribution >= 4 is 5.97 Å². The van der Waals surface area contributed by atoms with E-state index in [-0.39, 0.29) is 11.9 Å². The number of rotatable bonds is 3. The summed E-state index contributed by atoms with van der Waals surface area (Å²) in [6.45, 7) is 8.25. The summed E-state index contributed by atoms with van der Waals surface area (Å²) in [6.07, 6.45) is 0. The molecule has 2 aromatic rings. The zero-order valence-corrected chi connectivity index (χ0v) is 13.4. The highest BCUT2D eigenvalue weighted by Gasteiger charge is 2.16. The van der Waals surface area contributed by atoms with Crippen LogP contribution in [0.2, 0.25) is 0 Å². The fourth-order valence-corrected chi connectivity index (χ4v) is 2.91. The van der Waals surface area contributed by atoms with E-state index in [1.54, 1.807) is 0 Å². The van der Waals surface area contributed by atoms with Crippen molar-refractivity contribution in [2.75, 3.05) is 7.11 Å². The van der Waals surface area contributed by atoms with Crippen LogP contribution in [-0.2, 0) is 9.53 Å². The van der Waals surface area contributed by atoms with Crippen LogP contribution in [0, 0.1) is 20.8 Å². The van der Waals surface area contributed by atoms with E-state index in [1.807, 2.05) is 19.1 Å². The lowest BCUT2D eigenvalue weighted by atomic mass is 9.91. The monoisotopic (exact) mass is 282 g/mol. The lowest BCUT2D eigenvalue weighted by molar-refractivity contribution is -0.141. The Balaban J connectivity index is 2.50. The summed E-state index contributed by atoms with van der Waals surface area (Å²) in [4.78, 5) is 11.7. The van der Waals surface area contributed by atoms with Crippen LogP contribution in [-0.4, -0.2) is 13.1 Å². The van der Waals surface area contributed by atoms with Crippen molar-refractivity contribution < 1.29 is 9.53 Å². The Hall–Kier alpha value is -2.09. The van der Waals surface area contributed by atoms with Crippen molar-refractivity contribution in [2.45, 2.75) is 33.6 Å². The molecule has 0 fully saturated rings. The predicted molar refractivity (Wildman–Crippen MR) is 86.5 cm³/mol. The number of hydrogen-bond acceptors (Lipinski definition) is 2. The zero-order valence-electron chi connectivity index (χ0n) is 13.4. The molecule has 0 amide bonds. The minimum absolute atomic E-state index is 0.204. The van der Waals surface area contributed by atoms with Crippen LogP contribution in [0.1, 0.15) is 35.1 Å². The summed E-state index contributed by atoms with van der Waals surface area (Å²) in [7, 11) is 1.43. The highest BCUT2D eigenvalue weighted by Crippen LogP contribution is 2.30. The second kappa shape index (κ2) is 6.13. The molecule has 0 radical (unpaired) electrons. The first-order valence-corrected chi connectivity index (χ1v) is 7.20. The third kappa shape index (κ3) is 3.15. The topological polar surface area (TPSA) is 26.3 Å². The molecule has 2 heteroatoms. The normalized spacial score (nSPS) is 12.0. The van der Waals surface area contributed by atoms with Crippen molar-refractivity contribution in [1.82, 2.24) is 0 Å². The highest BCUT2D eigenvalue weighted by atomic mass is 16.5. The van der Waals surface area contributed by atoms with Crippen LogP contribution >= 0.6 is 0 Å². The van der Waals surface area contributed by atoms with Gasteiger partial charge in [-0.2, -0.15) is 0 Å². The molecule has 2 rings (SSSR count). The maximum atomic E-state index is 11.7. The molecule has 0 spiro atoms. The summed E-state index contributed by atoms with van der Waals surface area (Å²) in [6, 6.07) is 12.6. The number of aryl methyl sites for hydroxylation is 3. The smallest absolute Gasteiger partial charge is 0.312 e. The maximum absolute atomic E-state index is 11.7. The van der Waals surface area contributed by atoms with Crippen LogP contribution in [0.3, 0.4) is 0 Å². The molecule has 0 N–H and O–H groups in total. The SMILES string of the molecule is COC(=O)C(C)c1cccc(-c2c(C)cc(C)cc2C)c1. The van der Waals surface area contributed by atoms with Gasteiger partial charge in [-0.15, -0.1) is 0 Å². The summed E-state index contributed by atoms with van der Waals surface area (Å²) in [5.74, 6) is -0.453. The molecule has 0 aromatic heterocycles. The average molecular weight is 282 g/mol. The molecule has 1 unspecified atom stereocenters. The molecule has 2 nitrogen and oxygen atoms in total. The summed E-state index contributed by atoms with van der Waals surface area (Å²) < 4.78 is 4.84. The molecular formula is C19H22O2. The quantitative estimate of drug-likeness (QED) is 0.772. The minimum Gasteiger partial charge on any atom is -0.469 e. The van der Waals surface area contributed by atoms with E-state index in [1.165, 1.54) is 29.4 Å². The van der Waals surface area contributed by atoms with Gasteiger partial charge < -0.3 is 4.74 Å². The molecule has 0 bridgehead atoms. The lowest BCUT2D eigenvalue weighted by Crippen LogP contribution is -2.10. The maximum Gasteiger partial charge on any atom is 0.312 e. The van der Waals surface area contributed by atoms with E-state index in [0.717, 1.165) is 11.1 Å². The van der Waals surface area contributed by atoms with Gasteiger partial charge in [-0.3, -0.25) is 4.79 Å². The largest absolute Gasteiger partial charge is 0.469 e. The third-order valence-electron chi connectivity index (χ3n) is 3.91. The standard InChI is InChI=1S/C19H22O2/c1-12-9-13(2)18(14(3)10-12)17-8-6-7-16(11-17)15(4)19(20)21-5/h6-11,15H,1-5H3. The van der Waals surface area contributed by atoms with E-state index in [4.69, 9.17) is 4.74 Å². The molecule has 0 heterocycles. The van der Waals surface area contributed by atoms with E-state index in [0.29, 0.717) is 0 Å². The number of esters is 1. The third-order valence-corrected chi connectivity index (χ3v) is 3.91. The van der Waals surface area contributed by atoms with E-state index in [9.17, 15) is 4.79 Å². The van der Waals surface area contributed by atoms with Crippen molar-refractivity contribution in [3.63, 3.8) is 0 Å². The van der Waals surface area contributed by atoms with Gasteiger partial charge in [0, 0.05) is 0 Å².